The standard InChI is InChI=1S/C12H19N7O/c1-3-4-10(12-13-6-8-18(12)2)15-11(20)5-7-19-9-14-16-17-19/h6,8-10H,3-5,7H2,1-2H3,(H,15,20)/t10-/m0/s1. The first-order chi connectivity index (χ1) is 9.70. The van der Waals surface area contributed by atoms with Crippen molar-refractivity contribution in [2.24, 2.45) is 7.05 Å². The molecule has 2 aromatic heterocycles. The summed E-state index contributed by atoms with van der Waals surface area (Å²) in [7, 11) is 1.93. The van der Waals surface area contributed by atoms with Gasteiger partial charge in [-0.2, -0.15) is 0 Å². The van der Waals surface area contributed by atoms with Gasteiger partial charge in [0.15, 0.2) is 0 Å². The van der Waals surface area contributed by atoms with E-state index in [2.05, 4.69) is 32.7 Å². The van der Waals surface area contributed by atoms with Gasteiger partial charge in [-0.15, -0.1) is 5.10 Å². The molecule has 0 radical (unpaired) electrons. The molecular formula is C12H19N7O. The molecule has 0 saturated heterocycles. The van der Waals surface area contributed by atoms with Crippen LogP contribution in [0.1, 0.15) is 38.1 Å². The summed E-state index contributed by atoms with van der Waals surface area (Å²) in [5, 5.41) is 13.8. The van der Waals surface area contributed by atoms with E-state index in [1.165, 1.54) is 11.0 Å². The van der Waals surface area contributed by atoms with Crippen molar-refractivity contribution in [3.63, 3.8) is 0 Å². The van der Waals surface area contributed by atoms with Crippen LogP contribution in [-0.2, 0) is 18.4 Å². The smallest absolute Gasteiger partial charge is 0.222 e. The van der Waals surface area contributed by atoms with Crippen LogP contribution in [0.25, 0.3) is 0 Å². The van der Waals surface area contributed by atoms with Gasteiger partial charge in [0.25, 0.3) is 0 Å². The fourth-order valence-corrected chi connectivity index (χ4v) is 2.03. The molecule has 0 aliphatic heterocycles. The van der Waals surface area contributed by atoms with Gasteiger partial charge < -0.3 is 9.88 Å². The quantitative estimate of drug-likeness (QED) is 0.793. The first kappa shape index (κ1) is 14.2. The fourth-order valence-electron chi connectivity index (χ4n) is 2.03. The van der Waals surface area contributed by atoms with E-state index in [0.29, 0.717) is 13.0 Å². The molecule has 0 aliphatic carbocycles. The van der Waals surface area contributed by atoms with E-state index in [9.17, 15) is 4.79 Å². The van der Waals surface area contributed by atoms with Crippen molar-refractivity contribution in [2.45, 2.75) is 38.8 Å². The molecule has 2 heterocycles. The van der Waals surface area contributed by atoms with Crippen molar-refractivity contribution in [1.82, 2.24) is 35.1 Å². The Labute approximate surface area is 117 Å². The molecular weight excluding hydrogens is 258 g/mol. The Hall–Kier alpha value is -2.25. The number of nitrogens with one attached hydrogen (secondary N) is 1. The van der Waals surface area contributed by atoms with Gasteiger partial charge in [-0.3, -0.25) is 4.79 Å². The molecule has 2 rings (SSSR count). The van der Waals surface area contributed by atoms with Crippen LogP contribution < -0.4 is 5.32 Å². The molecule has 8 nitrogen and oxygen atoms in total. The number of tetrazole rings is 1. The summed E-state index contributed by atoms with van der Waals surface area (Å²) in [6.07, 6.45) is 7.30. The van der Waals surface area contributed by atoms with Gasteiger partial charge in [-0.25, -0.2) is 9.67 Å². The van der Waals surface area contributed by atoms with E-state index in [1.54, 1.807) is 6.20 Å². The number of carbonyl (C=O) groups excluding carboxylic acids is 1. The van der Waals surface area contributed by atoms with Gasteiger partial charge >= 0.3 is 0 Å². The van der Waals surface area contributed by atoms with Crippen LogP contribution in [0.3, 0.4) is 0 Å². The summed E-state index contributed by atoms with van der Waals surface area (Å²) >= 11 is 0. The maximum atomic E-state index is 12.0. The van der Waals surface area contributed by atoms with Crippen molar-refractivity contribution in [2.75, 3.05) is 0 Å². The number of hydrogen-bond donors (Lipinski definition) is 1. The first-order valence-electron chi connectivity index (χ1n) is 6.68. The van der Waals surface area contributed by atoms with E-state index < -0.39 is 0 Å². The van der Waals surface area contributed by atoms with Crippen LogP contribution in [0.2, 0.25) is 0 Å². The topological polar surface area (TPSA) is 90.5 Å². The van der Waals surface area contributed by atoms with Crippen molar-refractivity contribution >= 4 is 5.91 Å². The zero-order valence-corrected chi connectivity index (χ0v) is 11.7. The van der Waals surface area contributed by atoms with Crippen molar-refractivity contribution in [1.29, 1.82) is 0 Å². The highest BCUT2D eigenvalue weighted by atomic mass is 16.1. The molecule has 0 saturated carbocycles. The van der Waals surface area contributed by atoms with Gasteiger partial charge in [-0.1, -0.05) is 13.3 Å². The van der Waals surface area contributed by atoms with Crippen LogP contribution >= 0.6 is 0 Å². The molecule has 0 aromatic carbocycles. The summed E-state index contributed by atoms with van der Waals surface area (Å²) in [5.41, 5.74) is 0. The van der Waals surface area contributed by atoms with Crippen molar-refractivity contribution in [3.8, 4) is 0 Å². The van der Waals surface area contributed by atoms with Gasteiger partial charge in [0.05, 0.1) is 12.6 Å². The predicted molar refractivity (Wildman–Crippen MR) is 71.4 cm³/mol. The Morgan fingerprint density at radius 1 is 1.50 bits per heavy atom. The van der Waals surface area contributed by atoms with Gasteiger partial charge in [0, 0.05) is 25.9 Å². The zero-order chi connectivity index (χ0) is 14.4. The molecule has 2 aromatic rings. The number of aromatic nitrogens is 6. The highest BCUT2D eigenvalue weighted by Gasteiger charge is 2.17. The molecule has 0 bridgehead atoms. The molecule has 1 N–H and O–H groups in total. The minimum atomic E-state index is -0.0543. The van der Waals surface area contributed by atoms with E-state index in [-0.39, 0.29) is 11.9 Å². The number of imidazole rings is 1. The van der Waals surface area contributed by atoms with E-state index >= 15 is 0 Å². The van der Waals surface area contributed by atoms with E-state index in [1.807, 2.05) is 17.8 Å². The Morgan fingerprint density at radius 2 is 2.35 bits per heavy atom. The normalized spacial score (nSPS) is 12.3. The maximum Gasteiger partial charge on any atom is 0.222 e. The number of nitrogens with zero attached hydrogens (tertiary/aromatic N) is 6. The second-order valence-electron chi connectivity index (χ2n) is 4.63. The summed E-state index contributed by atoms with van der Waals surface area (Å²) < 4.78 is 3.47. The van der Waals surface area contributed by atoms with Gasteiger partial charge in [-0.05, 0) is 16.8 Å². The largest absolute Gasteiger partial charge is 0.346 e. The van der Waals surface area contributed by atoms with Crippen LogP contribution in [-0.4, -0.2) is 35.7 Å². The SMILES string of the molecule is CCC[C@H](NC(=O)CCn1cnnn1)c1nccn1C. The van der Waals surface area contributed by atoms with Crippen LogP contribution in [0.15, 0.2) is 18.7 Å². The lowest BCUT2D eigenvalue weighted by Crippen LogP contribution is -2.30. The number of hydrogen-bond acceptors (Lipinski definition) is 5. The zero-order valence-electron chi connectivity index (χ0n) is 11.7. The second-order valence-corrected chi connectivity index (χ2v) is 4.63. The third-order valence-electron chi connectivity index (χ3n) is 3.04. The third kappa shape index (κ3) is 3.62. The van der Waals surface area contributed by atoms with Crippen LogP contribution in [0.4, 0.5) is 0 Å². The summed E-state index contributed by atoms with van der Waals surface area (Å²) in [6, 6.07) is -0.0543. The van der Waals surface area contributed by atoms with Crippen molar-refractivity contribution < 1.29 is 4.79 Å². The lowest BCUT2D eigenvalue weighted by Gasteiger charge is -2.17. The Bertz CT molecular complexity index is 534. The van der Waals surface area contributed by atoms with Crippen LogP contribution in [0.5, 0.6) is 0 Å². The summed E-state index contributed by atoms with van der Waals surface area (Å²) in [4.78, 5) is 16.3. The Kier molecular flexibility index (Phi) is 4.80. The molecule has 8 heteroatoms. The number of carbonyl (C=O) groups is 1. The average molecular weight is 277 g/mol. The predicted octanol–water partition coefficient (Wildman–Crippen LogP) is 0.454. The highest BCUT2D eigenvalue weighted by molar-refractivity contribution is 5.76. The fraction of sp³-hybridized carbons (Fsp3) is 0.583. The molecule has 108 valence electrons. The lowest BCUT2D eigenvalue weighted by atomic mass is 10.1. The maximum absolute atomic E-state index is 12.0. The molecule has 1 amide bonds. The monoisotopic (exact) mass is 277 g/mol. The summed E-state index contributed by atoms with van der Waals surface area (Å²) in [5.74, 6) is 0.851. The molecule has 1 atom stereocenters. The molecule has 0 unspecified atom stereocenters. The minimum Gasteiger partial charge on any atom is -0.346 e. The number of rotatable bonds is 7. The van der Waals surface area contributed by atoms with Crippen LogP contribution in [0, 0.1) is 0 Å². The minimum absolute atomic E-state index is 0.0260. The van der Waals surface area contributed by atoms with E-state index in [0.717, 1.165) is 18.7 Å². The molecule has 0 spiro atoms. The second kappa shape index (κ2) is 6.78. The summed E-state index contributed by atoms with van der Waals surface area (Å²) in [6.45, 7) is 2.56. The molecule has 0 aliphatic rings. The number of amides is 1. The third-order valence-corrected chi connectivity index (χ3v) is 3.04. The van der Waals surface area contributed by atoms with Gasteiger partial charge in [0.1, 0.15) is 12.2 Å². The highest BCUT2D eigenvalue weighted by Crippen LogP contribution is 2.16. The average Bonchev–Trinajstić information content (AvgIpc) is 3.07. The van der Waals surface area contributed by atoms with E-state index in [4.69, 9.17) is 0 Å². The lowest BCUT2D eigenvalue weighted by molar-refractivity contribution is -0.122. The first-order valence-corrected chi connectivity index (χ1v) is 6.68. The molecule has 0 fully saturated rings. The van der Waals surface area contributed by atoms with Gasteiger partial charge in [0.2, 0.25) is 5.91 Å². The Morgan fingerprint density at radius 3 is 2.95 bits per heavy atom. The number of aryl methyl sites for hydroxylation is 2. The van der Waals surface area contributed by atoms with Crippen molar-refractivity contribution in [3.05, 3.63) is 24.5 Å². The molecule has 20 heavy (non-hydrogen) atoms. The Balaban J connectivity index is 1.91.